The summed E-state index contributed by atoms with van der Waals surface area (Å²) in [6.45, 7) is 0. The van der Waals surface area contributed by atoms with Gasteiger partial charge in [0.15, 0.2) is 4.32 Å². The summed E-state index contributed by atoms with van der Waals surface area (Å²) in [5.74, 6) is -1.32. The number of thioether (sulfide) groups is 1. The van der Waals surface area contributed by atoms with E-state index in [1.54, 1.807) is 30.3 Å². The van der Waals surface area contributed by atoms with Crippen molar-refractivity contribution in [2.24, 2.45) is 0 Å². The number of nitro benzene ring substituents is 1. The van der Waals surface area contributed by atoms with Gasteiger partial charge in [0.05, 0.1) is 21.0 Å². The summed E-state index contributed by atoms with van der Waals surface area (Å²) in [5.41, 5.74) is 2.58. The molecule has 0 bridgehead atoms. The van der Waals surface area contributed by atoms with Crippen molar-refractivity contribution in [2.75, 3.05) is 0 Å². The van der Waals surface area contributed by atoms with E-state index in [0.717, 1.165) is 22.8 Å². The summed E-state index contributed by atoms with van der Waals surface area (Å²) in [7, 11) is 0. The number of pyridine rings is 1. The second-order valence-electron chi connectivity index (χ2n) is 6.37. The highest BCUT2D eigenvalue weighted by atomic mass is 32.2. The van der Waals surface area contributed by atoms with E-state index in [1.807, 2.05) is 0 Å². The molecule has 0 unspecified atom stereocenters. The van der Waals surface area contributed by atoms with Crippen LogP contribution in [0.1, 0.15) is 15.9 Å². The van der Waals surface area contributed by atoms with E-state index in [0.29, 0.717) is 10.9 Å². The van der Waals surface area contributed by atoms with Gasteiger partial charge in [-0.15, -0.1) is 0 Å². The number of hydrogen-bond donors (Lipinski definition) is 2. The highest BCUT2D eigenvalue weighted by molar-refractivity contribution is 8.26. The number of carbonyl (C=O) groups excluding carboxylic acids is 2. The highest BCUT2D eigenvalue weighted by Crippen LogP contribution is 2.33. The van der Waals surface area contributed by atoms with Crippen LogP contribution in [0.5, 0.6) is 0 Å². The Labute approximate surface area is 183 Å². The average molecular weight is 452 g/mol. The largest absolute Gasteiger partial charge is 0.322 e. The lowest BCUT2D eigenvalue weighted by Gasteiger charge is -2.16. The molecule has 1 aliphatic rings. The van der Waals surface area contributed by atoms with E-state index in [2.05, 4.69) is 10.4 Å². The van der Waals surface area contributed by atoms with E-state index < -0.39 is 22.3 Å². The Kier molecular flexibility index (Phi) is 5.36. The molecule has 0 atom stereocenters. The first kappa shape index (κ1) is 20.4. The summed E-state index contributed by atoms with van der Waals surface area (Å²) in [4.78, 5) is 50.9. The van der Waals surface area contributed by atoms with Crippen LogP contribution in [0.2, 0.25) is 0 Å². The topological polar surface area (TPSA) is 125 Å². The Bertz CT molecular complexity index is 1360. The lowest BCUT2D eigenvalue weighted by atomic mass is 10.1. The number of nitrogens with zero attached hydrogens (tertiary/aromatic N) is 2. The SMILES string of the molecule is O=C(NN1C(=O)/C(=C\c2ccccc2[N+](=O)[O-])SC1=S)c1cc(=O)[nH]c2ccccc12. The number of amides is 2. The minimum Gasteiger partial charge on any atom is -0.322 e. The molecule has 2 N–H and O–H groups in total. The monoisotopic (exact) mass is 452 g/mol. The fourth-order valence-corrected chi connectivity index (χ4v) is 4.21. The molecule has 154 valence electrons. The maximum absolute atomic E-state index is 12.8. The summed E-state index contributed by atoms with van der Waals surface area (Å²) in [6.07, 6.45) is 1.35. The Hall–Kier alpha value is -3.83. The number of nitrogens with one attached hydrogen (secondary N) is 2. The molecule has 1 saturated heterocycles. The minimum absolute atomic E-state index is 0.0531. The van der Waals surface area contributed by atoms with Gasteiger partial charge in [0.2, 0.25) is 5.56 Å². The lowest BCUT2D eigenvalue weighted by Crippen LogP contribution is -2.45. The number of hydrazine groups is 1. The number of carbonyl (C=O) groups is 2. The van der Waals surface area contributed by atoms with E-state index in [4.69, 9.17) is 12.2 Å². The molecule has 4 rings (SSSR count). The number of rotatable bonds is 4. The fraction of sp³-hybridized carbons (Fsp3) is 0. The van der Waals surface area contributed by atoms with E-state index in [1.165, 1.54) is 24.3 Å². The van der Waals surface area contributed by atoms with Gasteiger partial charge in [-0.05, 0) is 30.4 Å². The molecule has 3 aromatic rings. The number of fused-ring (bicyclic) bond motifs is 1. The maximum atomic E-state index is 12.8. The molecule has 0 radical (unpaired) electrons. The van der Waals surface area contributed by atoms with Crippen molar-refractivity contribution in [3.05, 3.63) is 91.1 Å². The molecule has 0 saturated carbocycles. The van der Waals surface area contributed by atoms with Crippen molar-refractivity contribution >= 4 is 62.8 Å². The van der Waals surface area contributed by atoms with E-state index >= 15 is 0 Å². The Morgan fingerprint density at radius 1 is 1.16 bits per heavy atom. The first-order valence-electron chi connectivity index (χ1n) is 8.79. The smallest absolute Gasteiger partial charge is 0.285 e. The molecule has 1 fully saturated rings. The summed E-state index contributed by atoms with van der Waals surface area (Å²) < 4.78 is 0.0531. The van der Waals surface area contributed by atoms with Crippen molar-refractivity contribution < 1.29 is 14.5 Å². The van der Waals surface area contributed by atoms with Gasteiger partial charge < -0.3 is 4.98 Å². The number of nitro groups is 1. The predicted octanol–water partition coefficient (Wildman–Crippen LogP) is 2.98. The average Bonchev–Trinajstić information content (AvgIpc) is 3.00. The second kappa shape index (κ2) is 8.13. The van der Waals surface area contributed by atoms with Crippen LogP contribution in [-0.4, -0.2) is 31.1 Å². The zero-order chi connectivity index (χ0) is 22.1. The van der Waals surface area contributed by atoms with Gasteiger partial charge in [-0.3, -0.25) is 29.9 Å². The third-order valence-electron chi connectivity index (χ3n) is 4.42. The highest BCUT2D eigenvalue weighted by Gasteiger charge is 2.34. The number of benzene rings is 2. The normalized spacial score (nSPS) is 15.0. The minimum atomic E-state index is -0.689. The quantitative estimate of drug-likeness (QED) is 0.270. The molecule has 0 aliphatic carbocycles. The van der Waals surface area contributed by atoms with Crippen LogP contribution in [0, 0.1) is 10.1 Å². The number of para-hydroxylation sites is 2. The van der Waals surface area contributed by atoms with Gasteiger partial charge in [-0.2, -0.15) is 5.01 Å². The predicted molar refractivity (Wildman–Crippen MR) is 120 cm³/mol. The molecular formula is C20H12N4O5S2. The van der Waals surface area contributed by atoms with Crippen LogP contribution < -0.4 is 11.0 Å². The molecule has 2 heterocycles. The van der Waals surface area contributed by atoms with Gasteiger partial charge >= 0.3 is 0 Å². The van der Waals surface area contributed by atoms with Crippen molar-refractivity contribution in [1.29, 1.82) is 0 Å². The molecule has 9 nitrogen and oxygen atoms in total. The van der Waals surface area contributed by atoms with Gasteiger partial charge in [-0.1, -0.05) is 42.1 Å². The lowest BCUT2D eigenvalue weighted by molar-refractivity contribution is -0.385. The van der Waals surface area contributed by atoms with Crippen LogP contribution in [0.4, 0.5) is 5.69 Å². The Morgan fingerprint density at radius 2 is 1.87 bits per heavy atom. The van der Waals surface area contributed by atoms with Crippen molar-refractivity contribution in [3.63, 3.8) is 0 Å². The molecule has 2 amide bonds. The Morgan fingerprint density at radius 3 is 2.65 bits per heavy atom. The standard InChI is InChI=1S/C20H12N4O5S2/c25-17-10-13(12-6-2-3-7-14(12)21-17)18(26)22-23-19(27)16(31-20(23)30)9-11-5-1-4-8-15(11)24(28)29/h1-10H,(H,21,25)(H,22,26)/b16-9+. The van der Waals surface area contributed by atoms with Gasteiger partial charge in [0.1, 0.15) is 0 Å². The van der Waals surface area contributed by atoms with Gasteiger partial charge in [-0.25, -0.2) is 0 Å². The first-order valence-corrected chi connectivity index (χ1v) is 10.0. The van der Waals surface area contributed by atoms with Crippen molar-refractivity contribution in [3.8, 4) is 0 Å². The summed E-state index contributed by atoms with van der Waals surface area (Å²) in [5, 5.41) is 12.6. The van der Waals surface area contributed by atoms with E-state index in [9.17, 15) is 24.5 Å². The van der Waals surface area contributed by atoms with Gasteiger partial charge in [0.25, 0.3) is 17.5 Å². The Balaban J connectivity index is 1.63. The van der Waals surface area contributed by atoms with Crippen LogP contribution in [0.15, 0.2) is 64.3 Å². The van der Waals surface area contributed by atoms with Crippen molar-refractivity contribution in [2.45, 2.75) is 0 Å². The van der Waals surface area contributed by atoms with Crippen molar-refractivity contribution in [1.82, 2.24) is 15.4 Å². The summed E-state index contributed by atoms with van der Waals surface area (Å²) in [6, 6.07) is 13.9. The number of H-pyrrole nitrogens is 1. The second-order valence-corrected chi connectivity index (χ2v) is 8.04. The first-order chi connectivity index (χ1) is 14.8. The molecule has 2 aromatic carbocycles. The zero-order valence-electron chi connectivity index (χ0n) is 15.5. The molecule has 1 aromatic heterocycles. The zero-order valence-corrected chi connectivity index (χ0v) is 17.2. The number of thiocarbonyl (C=S) groups is 1. The van der Waals surface area contributed by atoms with Crippen LogP contribution in [0.25, 0.3) is 17.0 Å². The van der Waals surface area contributed by atoms with E-state index in [-0.39, 0.29) is 26.0 Å². The third-order valence-corrected chi connectivity index (χ3v) is 5.72. The number of hydrogen-bond acceptors (Lipinski definition) is 7. The molecule has 11 heteroatoms. The van der Waals surface area contributed by atoms with Crippen LogP contribution in [-0.2, 0) is 4.79 Å². The molecule has 0 spiro atoms. The fourth-order valence-electron chi connectivity index (χ4n) is 3.04. The maximum Gasteiger partial charge on any atom is 0.285 e. The van der Waals surface area contributed by atoms with Crippen LogP contribution >= 0.6 is 24.0 Å². The number of aromatic nitrogens is 1. The molecular weight excluding hydrogens is 440 g/mol. The molecule has 1 aliphatic heterocycles. The van der Waals surface area contributed by atoms with Gasteiger partial charge in [0, 0.05) is 23.0 Å². The molecule has 31 heavy (non-hydrogen) atoms. The van der Waals surface area contributed by atoms with Crippen LogP contribution in [0.3, 0.4) is 0 Å². The number of aromatic amines is 1. The summed E-state index contributed by atoms with van der Waals surface area (Å²) >= 11 is 6.10. The third kappa shape index (κ3) is 3.96.